The lowest BCUT2D eigenvalue weighted by Gasteiger charge is -1.97. The Labute approximate surface area is 50.2 Å². The van der Waals surface area contributed by atoms with Gasteiger partial charge < -0.3 is 9.84 Å². The number of rotatable bonds is 3. The van der Waals surface area contributed by atoms with Gasteiger partial charge in [-0.05, 0) is 0 Å². The van der Waals surface area contributed by atoms with Gasteiger partial charge in [-0.1, -0.05) is 0 Å². The lowest BCUT2D eigenvalue weighted by molar-refractivity contribution is 0.0622. The summed E-state index contributed by atoms with van der Waals surface area (Å²) >= 11 is 0. The fourth-order valence-corrected chi connectivity index (χ4v) is 0.235. The van der Waals surface area contributed by atoms with Crippen molar-refractivity contribution in [2.75, 3.05) is 6.61 Å². The van der Waals surface area contributed by atoms with Crippen LogP contribution in [0, 0.1) is 0 Å². The average molecular weight is 140 g/mol. The highest BCUT2D eigenvalue weighted by Crippen LogP contribution is 1.97. The molecule has 0 heterocycles. The molecule has 9 heavy (non-hydrogen) atoms. The SMILES string of the molecule is O=C(O)OCCC(F)F. The van der Waals surface area contributed by atoms with Gasteiger partial charge in [-0.2, -0.15) is 0 Å². The van der Waals surface area contributed by atoms with Crippen molar-refractivity contribution >= 4 is 6.16 Å². The van der Waals surface area contributed by atoms with Gasteiger partial charge in [0.2, 0.25) is 6.43 Å². The molecule has 5 heteroatoms. The van der Waals surface area contributed by atoms with E-state index in [2.05, 4.69) is 4.74 Å². The maximum absolute atomic E-state index is 11.2. The summed E-state index contributed by atoms with van der Waals surface area (Å²) in [5, 5.41) is 7.76. The fraction of sp³-hybridized carbons (Fsp3) is 0.750. The van der Waals surface area contributed by atoms with Crippen LogP contribution in [-0.4, -0.2) is 24.3 Å². The Hall–Kier alpha value is -0.870. The van der Waals surface area contributed by atoms with Crippen LogP contribution in [0.2, 0.25) is 0 Å². The first kappa shape index (κ1) is 8.13. The van der Waals surface area contributed by atoms with E-state index in [-0.39, 0.29) is 0 Å². The number of carboxylic acid groups (broad SMARTS) is 1. The number of hydrogen-bond acceptors (Lipinski definition) is 2. The van der Waals surface area contributed by atoms with Gasteiger partial charge in [0.05, 0.1) is 0 Å². The smallest absolute Gasteiger partial charge is 0.450 e. The highest BCUT2D eigenvalue weighted by Gasteiger charge is 2.03. The molecule has 3 nitrogen and oxygen atoms in total. The monoisotopic (exact) mass is 140 g/mol. The van der Waals surface area contributed by atoms with Crippen molar-refractivity contribution < 1.29 is 23.4 Å². The molecule has 0 spiro atoms. The van der Waals surface area contributed by atoms with E-state index in [4.69, 9.17) is 5.11 Å². The molecule has 0 saturated heterocycles. The summed E-state index contributed by atoms with van der Waals surface area (Å²) in [6.45, 7) is -0.438. The summed E-state index contributed by atoms with van der Waals surface area (Å²) < 4.78 is 26.2. The summed E-state index contributed by atoms with van der Waals surface area (Å²) in [5.74, 6) is 0. The summed E-state index contributed by atoms with van der Waals surface area (Å²) in [7, 11) is 0. The van der Waals surface area contributed by atoms with Gasteiger partial charge in [0.15, 0.2) is 0 Å². The second-order valence-corrected chi connectivity index (χ2v) is 1.29. The molecule has 0 aromatic carbocycles. The van der Waals surface area contributed by atoms with Gasteiger partial charge in [0, 0.05) is 6.42 Å². The molecule has 0 fully saturated rings. The summed E-state index contributed by atoms with van der Waals surface area (Å²) in [6, 6.07) is 0. The van der Waals surface area contributed by atoms with E-state index in [1.807, 2.05) is 0 Å². The number of hydrogen-bond donors (Lipinski definition) is 1. The highest BCUT2D eigenvalue weighted by molar-refractivity contribution is 5.56. The molecular formula is C4H6F2O3. The van der Waals surface area contributed by atoms with Crippen molar-refractivity contribution in [3.05, 3.63) is 0 Å². The van der Waals surface area contributed by atoms with E-state index in [0.717, 1.165) is 0 Å². The molecule has 0 saturated carbocycles. The second kappa shape index (κ2) is 4.05. The van der Waals surface area contributed by atoms with Crippen LogP contribution >= 0.6 is 0 Å². The zero-order chi connectivity index (χ0) is 7.28. The molecule has 0 aromatic rings. The van der Waals surface area contributed by atoms with Crippen LogP contribution in [0.4, 0.5) is 13.6 Å². The van der Waals surface area contributed by atoms with Gasteiger partial charge in [-0.3, -0.25) is 0 Å². The third kappa shape index (κ3) is 7.13. The Morgan fingerprint density at radius 3 is 2.56 bits per heavy atom. The topological polar surface area (TPSA) is 46.5 Å². The van der Waals surface area contributed by atoms with E-state index >= 15 is 0 Å². The lowest BCUT2D eigenvalue weighted by atomic mass is 10.5. The molecule has 0 aromatic heterocycles. The number of ether oxygens (including phenoxy) is 1. The van der Waals surface area contributed by atoms with Crippen LogP contribution in [0.3, 0.4) is 0 Å². The maximum Gasteiger partial charge on any atom is 0.505 e. The molecule has 0 bridgehead atoms. The van der Waals surface area contributed by atoms with Crippen molar-refractivity contribution in [2.24, 2.45) is 0 Å². The minimum absolute atomic E-state index is 0.438. The minimum atomic E-state index is -2.50. The maximum atomic E-state index is 11.2. The van der Waals surface area contributed by atoms with Crippen molar-refractivity contribution in [1.82, 2.24) is 0 Å². The Balaban J connectivity index is 3.01. The summed E-state index contributed by atoms with van der Waals surface area (Å²) in [4.78, 5) is 9.51. The molecule has 0 radical (unpaired) electrons. The number of halogens is 2. The molecule has 0 aliphatic rings. The fourth-order valence-electron chi connectivity index (χ4n) is 0.235. The third-order valence-corrected chi connectivity index (χ3v) is 0.562. The second-order valence-electron chi connectivity index (χ2n) is 1.29. The molecule has 0 aliphatic carbocycles. The zero-order valence-electron chi connectivity index (χ0n) is 4.51. The Kier molecular flexibility index (Phi) is 3.66. The predicted molar refractivity (Wildman–Crippen MR) is 24.6 cm³/mol. The van der Waals surface area contributed by atoms with Crippen LogP contribution in [-0.2, 0) is 4.74 Å². The first-order valence-electron chi connectivity index (χ1n) is 2.27. The van der Waals surface area contributed by atoms with Crippen molar-refractivity contribution in [3.8, 4) is 0 Å². The number of carbonyl (C=O) groups is 1. The van der Waals surface area contributed by atoms with Crippen LogP contribution in [0.5, 0.6) is 0 Å². The van der Waals surface area contributed by atoms with E-state index in [0.29, 0.717) is 0 Å². The quantitative estimate of drug-likeness (QED) is 0.601. The van der Waals surface area contributed by atoms with Gasteiger partial charge in [0.25, 0.3) is 0 Å². The van der Waals surface area contributed by atoms with E-state index in [1.165, 1.54) is 0 Å². The molecule has 0 unspecified atom stereocenters. The van der Waals surface area contributed by atoms with Crippen LogP contribution < -0.4 is 0 Å². The molecule has 0 aliphatic heterocycles. The lowest BCUT2D eigenvalue weighted by Crippen LogP contribution is -2.04. The summed E-state index contributed by atoms with van der Waals surface area (Å²) in [6.07, 6.45) is -4.55. The Bertz CT molecular complexity index is 93.8. The Morgan fingerprint density at radius 2 is 2.22 bits per heavy atom. The normalized spacial score (nSPS) is 9.67. The molecule has 0 rings (SSSR count). The predicted octanol–water partition coefficient (Wildman–Crippen LogP) is 1.34. The van der Waals surface area contributed by atoms with Crippen molar-refractivity contribution in [2.45, 2.75) is 12.8 Å². The largest absolute Gasteiger partial charge is 0.505 e. The Morgan fingerprint density at radius 1 is 1.67 bits per heavy atom. The molecule has 0 amide bonds. The van der Waals surface area contributed by atoms with Crippen LogP contribution in [0.15, 0.2) is 0 Å². The van der Waals surface area contributed by atoms with E-state index in [1.54, 1.807) is 0 Å². The first-order chi connectivity index (χ1) is 4.13. The molecule has 54 valence electrons. The third-order valence-electron chi connectivity index (χ3n) is 0.562. The standard InChI is InChI=1S/C4H6F2O3/c5-3(6)1-2-9-4(7)8/h3H,1-2H2,(H,7,8). The van der Waals surface area contributed by atoms with Crippen molar-refractivity contribution in [1.29, 1.82) is 0 Å². The number of alkyl halides is 2. The van der Waals surface area contributed by atoms with Gasteiger partial charge in [-0.25, -0.2) is 13.6 Å². The van der Waals surface area contributed by atoms with E-state index in [9.17, 15) is 13.6 Å². The van der Waals surface area contributed by atoms with Gasteiger partial charge in [0.1, 0.15) is 6.61 Å². The van der Waals surface area contributed by atoms with Crippen LogP contribution in [0.25, 0.3) is 0 Å². The van der Waals surface area contributed by atoms with E-state index < -0.39 is 25.6 Å². The van der Waals surface area contributed by atoms with Gasteiger partial charge in [-0.15, -0.1) is 0 Å². The highest BCUT2D eigenvalue weighted by atomic mass is 19.3. The first-order valence-corrected chi connectivity index (χ1v) is 2.27. The molecule has 1 N–H and O–H groups in total. The average Bonchev–Trinajstić information content (AvgIpc) is 1.63. The van der Waals surface area contributed by atoms with Crippen LogP contribution in [0.1, 0.15) is 6.42 Å². The minimum Gasteiger partial charge on any atom is -0.450 e. The zero-order valence-corrected chi connectivity index (χ0v) is 4.51. The molecular weight excluding hydrogens is 134 g/mol. The molecule has 0 atom stereocenters. The summed E-state index contributed by atoms with van der Waals surface area (Å²) in [5.41, 5.74) is 0. The van der Waals surface area contributed by atoms with Gasteiger partial charge >= 0.3 is 6.16 Å². The van der Waals surface area contributed by atoms with Crippen molar-refractivity contribution in [3.63, 3.8) is 0 Å².